The van der Waals surface area contributed by atoms with E-state index in [0.717, 1.165) is 16.5 Å². The highest BCUT2D eigenvalue weighted by molar-refractivity contribution is 9.10. The second kappa shape index (κ2) is 7.01. The van der Waals surface area contributed by atoms with Crippen LogP contribution in [0.4, 0.5) is 0 Å². The normalized spacial score (nSPS) is 23.0. The molecule has 0 spiro atoms. The van der Waals surface area contributed by atoms with Crippen molar-refractivity contribution < 1.29 is 24.2 Å². The molecule has 2 atom stereocenters. The quantitative estimate of drug-likeness (QED) is 0.847. The average molecular weight is 398 g/mol. The summed E-state index contributed by atoms with van der Waals surface area (Å²) in [5.74, 6) is -0.0818. The topological polar surface area (TPSA) is 76.1 Å². The molecule has 1 fully saturated rings. The van der Waals surface area contributed by atoms with Gasteiger partial charge in [-0.1, -0.05) is 15.9 Å². The smallest absolute Gasteiger partial charge is 0.308 e. The molecule has 0 radical (unpaired) electrons. The van der Waals surface area contributed by atoms with Crippen LogP contribution in [0.3, 0.4) is 0 Å². The van der Waals surface area contributed by atoms with Gasteiger partial charge in [-0.25, -0.2) is 0 Å². The molecular weight excluding hydrogens is 378 g/mol. The van der Waals surface area contributed by atoms with Gasteiger partial charge < -0.3 is 19.5 Å². The Morgan fingerprint density at radius 3 is 2.62 bits per heavy atom. The number of aliphatic carboxylic acids is 1. The maximum absolute atomic E-state index is 12.7. The number of likely N-dealkylation sites (tertiary alicyclic amines) is 1. The molecule has 0 saturated carbocycles. The Labute approximate surface area is 148 Å². The number of rotatable bonds is 3. The Morgan fingerprint density at radius 1 is 1.29 bits per heavy atom. The number of carbonyl (C=O) groups is 2. The van der Waals surface area contributed by atoms with Gasteiger partial charge in [-0.05, 0) is 37.5 Å². The third-order valence-electron chi connectivity index (χ3n) is 4.68. The van der Waals surface area contributed by atoms with E-state index in [9.17, 15) is 14.7 Å². The van der Waals surface area contributed by atoms with Crippen LogP contribution in [-0.2, 0) is 16.0 Å². The van der Waals surface area contributed by atoms with Crippen molar-refractivity contribution in [3.8, 4) is 11.5 Å². The maximum atomic E-state index is 12.7. The van der Waals surface area contributed by atoms with Crippen LogP contribution in [0.5, 0.6) is 11.5 Å². The van der Waals surface area contributed by atoms with E-state index in [1.54, 1.807) is 4.90 Å². The molecule has 2 aliphatic heterocycles. The first kappa shape index (κ1) is 17.1. The molecule has 1 amide bonds. The molecule has 130 valence electrons. The van der Waals surface area contributed by atoms with Crippen molar-refractivity contribution in [1.82, 2.24) is 4.90 Å². The number of hydrogen-bond acceptors (Lipinski definition) is 4. The van der Waals surface area contributed by atoms with Crippen LogP contribution in [0.2, 0.25) is 0 Å². The minimum atomic E-state index is -0.833. The van der Waals surface area contributed by atoms with Crippen molar-refractivity contribution in [2.24, 2.45) is 5.92 Å². The van der Waals surface area contributed by atoms with Crippen molar-refractivity contribution in [2.45, 2.75) is 32.2 Å². The van der Waals surface area contributed by atoms with E-state index in [1.165, 1.54) is 0 Å². The van der Waals surface area contributed by atoms with E-state index < -0.39 is 11.9 Å². The maximum Gasteiger partial charge on any atom is 0.308 e. The van der Waals surface area contributed by atoms with Crippen LogP contribution in [0.15, 0.2) is 16.6 Å². The van der Waals surface area contributed by atoms with Gasteiger partial charge in [0.15, 0.2) is 11.5 Å². The summed E-state index contributed by atoms with van der Waals surface area (Å²) in [6, 6.07) is 3.34. The molecular formula is C17H20BrNO5. The van der Waals surface area contributed by atoms with Crippen molar-refractivity contribution in [1.29, 1.82) is 0 Å². The monoisotopic (exact) mass is 397 g/mol. The minimum absolute atomic E-state index is 0.0640. The Kier molecular flexibility index (Phi) is 4.99. The Bertz CT molecular complexity index is 663. The van der Waals surface area contributed by atoms with Gasteiger partial charge in [-0.2, -0.15) is 0 Å². The van der Waals surface area contributed by atoms with Gasteiger partial charge in [0.25, 0.3) is 0 Å². The molecule has 0 aromatic heterocycles. The van der Waals surface area contributed by atoms with Crippen LogP contribution in [0, 0.1) is 5.92 Å². The number of carbonyl (C=O) groups excluding carboxylic acids is 1. The summed E-state index contributed by atoms with van der Waals surface area (Å²) in [6.07, 6.45) is 1.54. The van der Waals surface area contributed by atoms with E-state index in [0.29, 0.717) is 37.7 Å². The number of hydrogen-bond donors (Lipinski definition) is 1. The molecule has 1 aromatic rings. The summed E-state index contributed by atoms with van der Waals surface area (Å²) in [5.41, 5.74) is 0.814. The molecule has 3 rings (SSSR count). The summed E-state index contributed by atoms with van der Waals surface area (Å²) < 4.78 is 11.9. The molecule has 6 nitrogen and oxygen atoms in total. The fourth-order valence-electron chi connectivity index (χ4n) is 3.33. The lowest BCUT2D eigenvalue weighted by Crippen LogP contribution is -2.49. The first-order chi connectivity index (χ1) is 11.5. The average Bonchev–Trinajstić information content (AvgIpc) is 2.55. The minimum Gasteiger partial charge on any atom is -0.486 e. The molecule has 0 aliphatic carbocycles. The Morgan fingerprint density at radius 2 is 1.96 bits per heavy atom. The molecule has 0 unspecified atom stereocenters. The van der Waals surface area contributed by atoms with Crippen LogP contribution in [0.1, 0.15) is 25.3 Å². The predicted octanol–water partition coefficient (Wildman–Crippen LogP) is 2.47. The van der Waals surface area contributed by atoms with E-state index in [1.807, 2.05) is 19.1 Å². The SMILES string of the molecule is C[C@@H]1[C@H](C(=O)O)CCCN1C(=O)Cc1cc2c(cc1Br)OCCO2. The number of fused-ring (bicyclic) bond motifs is 1. The highest BCUT2D eigenvalue weighted by Gasteiger charge is 2.35. The van der Waals surface area contributed by atoms with Crippen LogP contribution >= 0.6 is 15.9 Å². The van der Waals surface area contributed by atoms with Gasteiger partial charge in [-0.3, -0.25) is 9.59 Å². The van der Waals surface area contributed by atoms with Crippen molar-refractivity contribution in [2.75, 3.05) is 19.8 Å². The first-order valence-electron chi connectivity index (χ1n) is 8.07. The highest BCUT2D eigenvalue weighted by Crippen LogP contribution is 2.36. The molecule has 1 saturated heterocycles. The predicted molar refractivity (Wildman–Crippen MR) is 90.4 cm³/mol. The largest absolute Gasteiger partial charge is 0.486 e. The lowest BCUT2D eigenvalue weighted by Gasteiger charge is -2.37. The van der Waals surface area contributed by atoms with Crippen LogP contribution in [-0.4, -0.2) is 47.7 Å². The van der Waals surface area contributed by atoms with E-state index in [-0.39, 0.29) is 18.4 Å². The zero-order chi connectivity index (χ0) is 17.3. The van der Waals surface area contributed by atoms with E-state index in [2.05, 4.69) is 15.9 Å². The van der Waals surface area contributed by atoms with Gasteiger partial charge in [-0.15, -0.1) is 0 Å². The Balaban J connectivity index is 1.76. The van der Waals surface area contributed by atoms with E-state index in [4.69, 9.17) is 9.47 Å². The number of halogens is 1. The zero-order valence-electron chi connectivity index (χ0n) is 13.5. The van der Waals surface area contributed by atoms with Crippen molar-refractivity contribution in [3.63, 3.8) is 0 Å². The van der Waals surface area contributed by atoms with Gasteiger partial charge in [0, 0.05) is 17.1 Å². The van der Waals surface area contributed by atoms with Gasteiger partial charge in [0.05, 0.1) is 12.3 Å². The van der Waals surface area contributed by atoms with Crippen molar-refractivity contribution >= 4 is 27.8 Å². The molecule has 1 N–H and O–H groups in total. The molecule has 2 aliphatic rings. The third kappa shape index (κ3) is 3.36. The highest BCUT2D eigenvalue weighted by atomic mass is 79.9. The molecule has 1 aromatic carbocycles. The first-order valence-corrected chi connectivity index (χ1v) is 8.87. The third-order valence-corrected chi connectivity index (χ3v) is 5.42. The number of amides is 1. The van der Waals surface area contributed by atoms with E-state index >= 15 is 0 Å². The van der Waals surface area contributed by atoms with Crippen LogP contribution in [0.25, 0.3) is 0 Å². The summed E-state index contributed by atoms with van der Waals surface area (Å²) in [6.45, 7) is 3.42. The number of carboxylic acids is 1. The standard InChI is InChI=1S/C17H20BrNO5/c1-10-12(17(21)22)3-2-4-19(10)16(20)8-11-7-14-15(9-13(11)18)24-6-5-23-14/h7,9-10,12H,2-6,8H2,1H3,(H,21,22)/t10-,12-/m1/s1. The number of benzene rings is 1. The summed E-state index contributed by atoms with van der Waals surface area (Å²) in [4.78, 5) is 25.7. The number of ether oxygens (including phenoxy) is 2. The molecule has 2 heterocycles. The van der Waals surface area contributed by atoms with Gasteiger partial charge in [0.2, 0.25) is 5.91 Å². The number of carboxylic acid groups (broad SMARTS) is 1. The van der Waals surface area contributed by atoms with Crippen molar-refractivity contribution in [3.05, 3.63) is 22.2 Å². The molecule has 24 heavy (non-hydrogen) atoms. The van der Waals surface area contributed by atoms with Gasteiger partial charge >= 0.3 is 5.97 Å². The summed E-state index contributed by atoms with van der Waals surface area (Å²) in [5, 5.41) is 9.30. The lowest BCUT2D eigenvalue weighted by molar-refractivity contribution is -0.148. The fourth-order valence-corrected chi connectivity index (χ4v) is 3.79. The summed E-state index contributed by atoms with van der Waals surface area (Å²) >= 11 is 3.48. The second-order valence-electron chi connectivity index (χ2n) is 6.18. The summed E-state index contributed by atoms with van der Waals surface area (Å²) in [7, 11) is 0. The lowest BCUT2D eigenvalue weighted by atomic mass is 9.90. The molecule has 7 heteroatoms. The fraction of sp³-hybridized carbons (Fsp3) is 0.529. The molecule has 0 bridgehead atoms. The second-order valence-corrected chi connectivity index (χ2v) is 7.03. The zero-order valence-corrected chi connectivity index (χ0v) is 15.0. The number of nitrogens with zero attached hydrogens (tertiary/aromatic N) is 1. The Hall–Kier alpha value is -1.76. The number of piperidine rings is 1. The van der Waals surface area contributed by atoms with Crippen LogP contribution < -0.4 is 9.47 Å². The van der Waals surface area contributed by atoms with Gasteiger partial charge in [0.1, 0.15) is 13.2 Å².